The Morgan fingerprint density at radius 2 is 1.11 bits per heavy atom. The Balaban J connectivity index is 2.74. The molecule has 2 nitrogen and oxygen atoms in total. The van der Waals surface area contributed by atoms with E-state index in [1.807, 2.05) is 6.92 Å². The van der Waals surface area contributed by atoms with Crippen molar-refractivity contribution in [3.63, 3.8) is 0 Å². The summed E-state index contributed by atoms with van der Waals surface area (Å²) in [7, 11) is 0. The van der Waals surface area contributed by atoms with Crippen molar-refractivity contribution in [1.82, 2.24) is 0 Å². The van der Waals surface area contributed by atoms with E-state index >= 15 is 0 Å². The van der Waals surface area contributed by atoms with E-state index in [0.29, 0.717) is 0 Å². The lowest BCUT2D eigenvalue weighted by Crippen LogP contribution is -2.42. The second-order valence-corrected chi connectivity index (χ2v) is 7.20. The minimum absolute atomic E-state index is 0.104. The van der Waals surface area contributed by atoms with Crippen LogP contribution in [0.3, 0.4) is 0 Å². The van der Waals surface area contributed by atoms with Crippen LogP contribution in [0.2, 0.25) is 0 Å². The van der Waals surface area contributed by atoms with Crippen molar-refractivity contribution in [2.45, 2.75) is 91.4 Å². The SMILES string of the molecule is CC1(C)CCCCCCCCCCC[C@@]1(C)C(=O)O. The van der Waals surface area contributed by atoms with Gasteiger partial charge >= 0.3 is 5.97 Å². The molecule has 112 valence electrons. The third-order valence-electron chi connectivity index (χ3n) is 5.44. The van der Waals surface area contributed by atoms with Crippen LogP contribution in [0.1, 0.15) is 91.4 Å². The van der Waals surface area contributed by atoms with Crippen LogP contribution >= 0.6 is 0 Å². The molecule has 0 unspecified atom stereocenters. The fraction of sp³-hybridized carbons (Fsp3) is 0.941. The zero-order valence-electron chi connectivity index (χ0n) is 13.1. The smallest absolute Gasteiger partial charge is 0.309 e. The Hall–Kier alpha value is -0.530. The maximum absolute atomic E-state index is 11.8. The van der Waals surface area contributed by atoms with Gasteiger partial charge in [-0.2, -0.15) is 0 Å². The summed E-state index contributed by atoms with van der Waals surface area (Å²) in [5.41, 5.74) is -0.673. The highest BCUT2D eigenvalue weighted by atomic mass is 16.4. The zero-order chi connectivity index (χ0) is 14.4. The maximum atomic E-state index is 11.8. The van der Waals surface area contributed by atoms with Crippen molar-refractivity contribution in [2.75, 3.05) is 0 Å². The van der Waals surface area contributed by atoms with Crippen molar-refractivity contribution in [3.8, 4) is 0 Å². The molecule has 1 saturated carbocycles. The van der Waals surface area contributed by atoms with Crippen LogP contribution in [0, 0.1) is 10.8 Å². The average Bonchev–Trinajstić information content (AvgIpc) is 2.35. The molecule has 0 bridgehead atoms. The van der Waals surface area contributed by atoms with E-state index in [4.69, 9.17) is 0 Å². The molecular weight excluding hydrogens is 236 g/mol. The molecule has 2 heteroatoms. The minimum atomic E-state index is -0.604. The van der Waals surface area contributed by atoms with Gasteiger partial charge in [-0.1, -0.05) is 71.6 Å². The van der Waals surface area contributed by atoms with Crippen LogP contribution in [0.4, 0.5) is 0 Å². The number of carboxylic acid groups (broad SMARTS) is 1. The van der Waals surface area contributed by atoms with E-state index in [9.17, 15) is 9.90 Å². The predicted octanol–water partition coefficient (Wildman–Crippen LogP) is 5.41. The number of rotatable bonds is 1. The molecule has 0 saturated heterocycles. The van der Waals surface area contributed by atoms with Gasteiger partial charge in [-0.15, -0.1) is 0 Å². The number of aliphatic carboxylic acids is 1. The molecule has 0 aromatic rings. The topological polar surface area (TPSA) is 37.3 Å². The van der Waals surface area contributed by atoms with Gasteiger partial charge in [0.1, 0.15) is 0 Å². The van der Waals surface area contributed by atoms with Gasteiger partial charge in [0.2, 0.25) is 0 Å². The molecule has 0 aromatic heterocycles. The zero-order valence-corrected chi connectivity index (χ0v) is 13.1. The third kappa shape index (κ3) is 4.50. The number of hydrogen-bond donors (Lipinski definition) is 1. The number of carbonyl (C=O) groups is 1. The quantitative estimate of drug-likeness (QED) is 0.690. The van der Waals surface area contributed by atoms with Gasteiger partial charge in [-0.3, -0.25) is 4.79 Å². The Kier molecular flexibility index (Phi) is 6.35. The van der Waals surface area contributed by atoms with Gasteiger partial charge < -0.3 is 5.11 Å². The Bertz CT molecular complexity index is 283. The number of hydrogen-bond acceptors (Lipinski definition) is 1. The van der Waals surface area contributed by atoms with Crippen molar-refractivity contribution < 1.29 is 9.90 Å². The van der Waals surface area contributed by atoms with Crippen molar-refractivity contribution in [1.29, 1.82) is 0 Å². The standard InChI is InChI=1S/C17H32O2/c1-16(2)13-11-9-7-5-4-6-8-10-12-14-17(16,3)15(18)19/h4-14H2,1-3H3,(H,18,19)/t17-/m0/s1. The second kappa shape index (κ2) is 7.31. The van der Waals surface area contributed by atoms with Gasteiger partial charge in [-0.25, -0.2) is 0 Å². The van der Waals surface area contributed by atoms with E-state index in [1.165, 1.54) is 51.4 Å². The summed E-state index contributed by atoms with van der Waals surface area (Å²) < 4.78 is 0. The first-order valence-corrected chi connectivity index (χ1v) is 8.13. The third-order valence-corrected chi connectivity index (χ3v) is 5.44. The fourth-order valence-corrected chi connectivity index (χ4v) is 3.29. The van der Waals surface area contributed by atoms with Crippen LogP contribution in [0.15, 0.2) is 0 Å². The van der Waals surface area contributed by atoms with Crippen LogP contribution < -0.4 is 0 Å². The van der Waals surface area contributed by atoms with E-state index in [0.717, 1.165) is 19.3 Å². The second-order valence-electron chi connectivity index (χ2n) is 7.20. The Morgan fingerprint density at radius 1 is 0.737 bits per heavy atom. The van der Waals surface area contributed by atoms with Crippen LogP contribution in [-0.4, -0.2) is 11.1 Å². The molecule has 0 radical (unpaired) electrons. The highest BCUT2D eigenvalue weighted by Crippen LogP contribution is 2.46. The normalized spacial score (nSPS) is 30.7. The van der Waals surface area contributed by atoms with E-state index < -0.39 is 11.4 Å². The summed E-state index contributed by atoms with van der Waals surface area (Å²) in [4.78, 5) is 11.8. The number of carboxylic acids is 1. The van der Waals surface area contributed by atoms with Crippen molar-refractivity contribution >= 4 is 5.97 Å². The molecule has 1 N–H and O–H groups in total. The van der Waals surface area contributed by atoms with Crippen molar-refractivity contribution in [2.24, 2.45) is 10.8 Å². The largest absolute Gasteiger partial charge is 0.481 e. The fourth-order valence-electron chi connectivity index (χ4n) is 3.29. The van der Waals surface area contributed by atoms with Crippen LogP contribution in [0.5, 0.6) is 0 Å². The molecule has 0 aromatic carbocycles. The average molecular weight is 268 g/mol. The first-order chi connectivity index (χ1) is 8.90. The molecule has 0 spiro atoms. The molecule has 1 rings (SSSR count). The van der Waals surface area contributed by atoms with Crippen LogP contribution in [0.25, 0.3) is 0 Å². The molecule has 1 aliphatic rings. The van der Waals surface area contributed by atoms with E-state index in [1.54, 1.807) is 0 Å². The van der Waals surface area contributed by atoms with Crippen LogP contribution in [-0.2, 0) is 4.79 Å². The molecule has 0 aliphatic heterocycles. The first kappa shape index (κ1) is 16.5. The highest BCUT2D eigenvalue weighted by Gasteiger charge is 2.46. The minimum Gasteiger partial charge on any atom is -0.481 e. The molecule has 0 heterocycles. The molecule has 19 heavy (non-hydrogen) atoms. The van der Waals surface area contributed by atoms with E-state index in [2.05, 4.69) is 13.8 Å². The van der Waals surface area contributed by atoms with E-state index in [-0.39, 0.29) is 5.41 Å². The summed E-state index contributed by atoms with van der Waals surface area (Å²) in [5, 5.41) is 9.69. The van der Waals surface area contributed by atoms with Gasteiger partial charge in [0, 0.05) is 0 Å². The van der Waals surface area contributed by atoms with Crippen molar-refractivity contribution in [3.05, 3.63) is 0 Å². The summed E-state index contributed by atoms with van der Waals surface area (Å²) >= 11 is 0. The Morgan fingerprint density at radius 3 is 1.53 bits per heavy atom. The summed E-state index contributed by atoms with van der Waals surface area (Å²) in [6, 6.07) is 0. The molecule has 1 aliphatic carbocycles. The molecular formula is C17H32O2. The molecule has 0 amide bonds. The summed E-state index contributed by atoms with van der Waals surface area (Å²) in [6.45, 7) is 6.27. The molecule has 1 atom stereocenters. The Labute approximate surface area is 119 Å². The van der Waals surface area contributed by atoms with Gasteiger partial charge in [0.25, 0.3) is 0 Å². The lowest BCUT2D eigenvalue weighted by atomic mass is 9.62. The summed E-state index contributed by atoms with van der Waals surface area (Å²) in [6.07, 6.45) is 13.2. The lowest BCUT2D eigenvalue weighted by molar-refractivity contribution is -0.156. The summed E-state index contributed by atoms with van der Waals surface area (Å²) in [5.74, 6) is -0.604. The lowest BCUT2D eigenvalue weighted by Gasteiger charge is -2.41. The predicted molar refractivity (Wildman–Crippen MR) is 80.3 cm³/mol. The monoisotopic (exact) mass is 268 g/mol. The maximum Gasteiger partial charge on any atom is 0.309 e. The van der Waals surface area contributed by atoms with Gasteiger partial charge in [-0.05, 0) is 25.2 Å². The van der Waals surface area contributed by atoms with Gasteiger partial charge in [0.05, 0.1) is 5.41 Å². The van der Waals surface area contributed by atoms with Gasteiger partial charge in [0.15, 0.2) is 0 Å². The highest BCUT2D eigenvalue weighted by molar-refractivity contribution is 5.75. The molecule has 1 fully saturated rings. The first-order valence-electron chi connectivity index (χ1n) is 8.13.